The van der Waals surface area contributed by atoms with Gasteiger partial charge < -0.3 is 10.8 Å². The number of fused-ring (bicyclic) bond motifs is 1. The topological polar surface area (TPSA) is 49.5 Å². The van der Waals surface area contributed by atoms with Gasteiger partial charge in [-0.2, -0.15) is 0 Å². The molecule has 0 amide bonds. The fourth-order valence-corrected chi connectivity index (χ4v) is 2.28. The van der Waals surface area contributed by atoms with Crippen LogP contribution in [-0.4, -0.2) is 41.3 Å². The highest BCUT2D eigenvalue weighted by atomic mass is 16.3. The van der Waals surface area contributed by atoms with E-state index >= 15 is 0 Å². The van der Waals surface area contributed by atoms with Gasteiger partial charge in [0.15, 0.2) is 0 Å². The Morgan fingerprint density at radius 1 is 1.27 bits per heavy atom. The minimum atomic E-state index is -0.0923. The Morgan fingerprint density at radius 2 is 2.09 bits per heavy atom. The second kappa shape index (κ2) is 2.73. The molecule has 0 bridgehead atoms. The number of nitrogens with two attached hydrogens (primary N) is 1. The van der Waals surface area contributed by atoms with Gasteiger partial charge in [0, 0.05) is 25.2 Å². The van der Waals surface area contributed by atoms with Crippen molar-refractivity contribution in [2.75, 3.05) is 13.1 Å². The monoisotopic (exact) mass is 156 g/mol. The molecule has 11 heavy (non-hydrogen) atoms. The summed E-state index contributed by atoms with van der Waals surface area (Å²) in [4.78, 5) is 2.33. The molecular weight excluding hydrogens is 140 g/mol. The van der Waals surface area contributed by atoms with E-state index in [4.69, 9.17) is 5.73 Å². The van der Waals surface area contributed by atoms with E-state index in [1.807, 2.05) is 0 Å². The first-order valence-corrected chi connectivity index (χ1v) is 4.43. The van der Waals surface area contributed by atoms with Crippen molar-refractivity contribution < 1.29 is 5.11 Å². The summed E-state index contributed by atoms with van der Waals surface area (Å²) in [5.74, 6) is 0. The molecule has 3 atom stereocenters. The largest absolute Gasteiger partial charge is 0.392 e. The lowest BCUT2D eigenvalue weighted by molar-refractivity contribution is 0.158. The summed E-state index contributed by atoms with van der Waals surface area (Å²) in [6.07, 6.45) is 3.18. The molecule has 64 valence electrons. The fraction of sp³-hybridized carbons (Fsp3) is 1.00. The van der Waals surface area contributed by atoms with Crippen molar-refractivity contribution in [3.63, 3.8) is 0 Å². The summed E-state index contributed by atoms with van der Waals surface area (Å²) in [7, 11) is 0. The van der Waals surface area contributed by atoms with Gasteiger partial charge in [-0.25, -0.2) is 0 Å². The zero-order valence-corrected chi connectivity index (χ0v) is 6.74. The van der Waals surface area contributed by atoms with Crippen molar-refractivity contribution in [3.05, 3.63) is 0 Å². The summed E-state index contributed by atoms with van der Waals surface area (Å²) in [5, 5.41) is 9.36. The first kappa shape index (κ1) is 7.53. The SMILES string of the molecule is N[C@H]1CC[C@@H]2C[C@@H](O)CN2C1. The molecule has 0 aromatic heterocycles. The molecule has 2 rings (SSSR count). The lowest BCUT2D eigenvalue weighted by Gasteiger charge is -2.32. The summed E-state index contributed by atoms with van der Waals surface area (Å²) < 4.78 is 0. The minimum absolute atomic E-state index is 0.0923. The summed E-state index contributed by atoms with van der Waals surface area (Å²) >= 11 is 0. The van der Waals surface area contributed by atoms with E-state index in [0.717, 1.165) is 25.9 Å². The number of piperidine rings is 1. The lowest BCUT2D eigenvalue weighted by atomic mass is 9.99. The predicted molar refractivity (Wildman–Crippen MR) is 43.2 cm³/mol. The van der Waals surface area contributed by atoms with Gasteiger partial charge in [-0.3, -0.25) is 4.90 Å². The Bertz CT molecular complexity index is 151. The van der Waals surface area contributed by atoms with Gasteiger partial charge in [-0.05, 0) is 19.3 Å². The van der Waals surface area contributed by atoms with Crippen LogP contribution in [0.15, 0.2) is 0 Å². The smallest absolute Gasteiger partial charge is 0.0682 e. The number of aliphatic hydroxyl groups excluding tert-OH is 1. The molecule has 3 N–H and O–H groups in total. The third kappa shape index (κ3) is 1.41. The molecule has 0 unspecified atom stereocenters. The molecule has 2 heterocycles. The van der Waals surface area contributed by atoms with Crippen LogP contribution in [0, 0.1) is 0 Å². The summed E-state index contributed by atoms with van der Waals surface area (Å²) in [6, 6.07) is 0.973. The van der Waals surface area contributed by atoms with Gasteiger partial charge in [0.25, 0.3) is 0 Å². The van der Waals surface area contributed by atoms with Crippen LogP contribution in [-0.2, 0) is 0 Å². The second-order valence-corrected chi connectivity index (χ2v) is 3.83. The molecule has 2 aliphatic rings. The zero-order valence-electron chi connectivity index (χ0n) is 6.74. The molecular formula is C8H16N2O. The lowest BCUT2D eigenvalue weighted by Crippen LogP contribution is -2.45. The van der Waals surface area contributed by atoms with Gasteiger partial charge in [-0.15, -0.1) is 0 Å². The molecule has 0 saturated carbocycles. The first-order chi connectivity index (χ1) is 5.25. The van der Waals surface area contributed by atoms with Crippen molar-refractivity contribution in [1.29, 1.82) is 0 Å². The molecule has 2 saturated heterocycles. The van der Waals surface area contributed by atoms with Gasteiger partial charge >= 0.3 is 0 Å². The van der Waals surface area contributed by atoms with Crippen molar-refractivity contribution in [2.24, 2.45) is 5.73 Å². The normalized spacial score (nSPS) is 45.8. The first-order valence-electron chi connectivity index (χ1n) is 4.43. The van der Waals surface area contributed by atoms with Crippen LogP contribution in [0.25, 0.3) is 0 Å². The van der Waals surface area contributed by atoms with Gasteiger partial charge in [0.2, 0.25) is 0 Å². The Labute approximate surface area is 67.2 Å². The van der Waals surface area contributed by atoms with Gasteiger partial charge in [0.05, 0.1) is 6.10 Å². The van der Waals surface area contributed by atoms with Crippen molar-refractivity contribution >= 4 is 0 Å². The molecule has 0 radical (unpaired) electrons. The standard InChI is InChI=1S/C8H16N2O/c9-6-1-2-7-3-8(11)5-10(7)4-6/h6-8,11H,1-5,9H2/t6-,7+,8+/m0/s1. The maximum atomic E-state index is 9.36. The molecule has 2 aliphatic heterocycles. The van der Waals surface area contributed by atoms with Crippen LogP contribution in [0.5, 0.6) is 0 Å². The van der Waals surface area contributed by atoms with Crippen LogP contribution in [0.3, 0.4) is 0 Å². The summed E-state index contributed by atoms with van der Waals surface area (Å²) in [5.41, 5.74) is 5.81. The zero-order chi connectivity index (χ0) is 7.84. The number of nitrogens with zero attached hydrogens (tertiary/aromatic N) is 1. The van der Waals surface area contributed by atoms with Crippen molar-refractivity contribution in [1.82, 2.24) is 4.90 Å². The third-order valence-electron chi connectivity index (χ3n) is 2.85. The molecule has 0 aromatic carbocycles. The number of hydrogen-bond donors (Lipinski definition) is 2. The highest BCUT2D eigenvalue weighted by Crippen LogP contribution is 2.26. The highest BCUT2D eigenvalue weighted by molar-refractivity contribution is 4.91. The quantitative estimate of drug-likeness (QED) is 0.499. The van der Waals surface area contributed by atoms with Gasteiger partial charge in [0.1, 0.15) is 0 Å². The second-order valence-electron chi connectivity index (χ2n) is 3.83. The Morgan fingerprint density at radius 3 is 2.91 bits per heavy atom. The van der Waals surface area contributed by atoms with E-state index in [1.165, 1.54) is 6.42 Å². The van der Waals surface area contributed by atoms with E-state index in [9.17, 15) is 5.11 Å². The molecule has 3 nitrogen and oxygen atoms in total. The predicted octanol–water partition coefficient (Wildman–Crippen LogP) is -0.457. The molecule has 3 heteroatoms. The van der Waals surface area contributed by atoms with E-state index in [1.54, 1.807) is 0 Å². The van der Waals surface area contributed by atoms with Crippen LogP contribution < -0.4 is 5.73 Å². The van der Waals surface area contributed by atoms with E-state index in [2.05, 4.69) is 4.90 Å². The van der Waals surface area contributed by atoms with Crippen molar-refractivity contribution in [2.45, 2.75) is 37.5 Å². The molecule has 0 aromatic rings. The maximum Gasteiger partial charge on any atom is 0.0682 e. The fourth-order valence-electron chi connectivity index (χ4n) is 2.28. The van der Waals surface area contributed by atoms with Crippen LogP contribution in [0.2, 0.25) is 0 Å². The summed E-state index contributed by atoms with van der Waals surface area (Å²) in [6.45, 7) is 1.83. The maximum absolute atomic E-state index is 9.36. The Balaban J connectivity index is 1.97. The van der Waals surface area contributed by atoms with Crippen LogP contribution >= 0.6 is 0 Å². The van der Waals surface area contributed by atoms with E-state index in [-0.39, 0.29) is 6.10 Å². The molecule has 0 aliphatic carbocycles. The minimum Gasteiger partial charge on any atom is -0.392 e. The number of rotatable bonds is 0. The van der Waals surface area contributed by atoms with Crippen LogP contribution in [0.4, 0.5) is 0 Å². The van der Waals surface area contributed by atoms with Crippen LogP contribution in [0.1, 0.15) is 19.3 Å². The van der Waals surface area contributed by atoms with E-state index < -0.39 is 0 Å². The van der Waals surface area contributed by atoms with E-state index in [0.29, 0.717) is 12.1 Å². The average molecular weight is 156 g/mol. The molecule has 0 spiro atoms. The Kier molecular flexibility index (Phi) is 1.87. The third-order valence-corrected chi connectivity index (χ3v) is 2.85. The number of hydrogen-bond acceptors (Lipinski definition) is 3. The van der Waals surface area contributed by atoms with Crippen molar-refractivity contribution in [3.8, 4) is 0 Å². The Hall–Kier alpha value is -0.120. The molecule has 2 fully saturated rings. The highest BCUT2D eigenvalue weighted by Gasteiger charge is 2.34. The van der Waals surface area contributed by atoms with Gasteiger partial charge in [-0.1, -0.05) is 0 Å². The number of aliphatic hydroxyl groups is 1. The average Bonchev–Trinajstić information content (AvgIpc) is 2.27.